The van der Waals surface area contributed by atoms with Crippen molar-refractivity contribution < 1.29 is 14.3 Å². The van der Waals surface area contributed by atoms with Gasteiger partial charge in [0.1, 0.15) is 0 Å². The summed E-state index contributed by atoms with van der Waals surface area (Å²) < 4.78 is 11.8. The van der Waals surface area contributed by atoms with Crippen molar-refractivity contribution in [3.8, 4) is 11.5 Å². The number of nitrogens with zero attached hydrogens (tertiary/aromatic N) is 2. The number of hydrogen-bond donors (Lipinski definition) is 0. The maximum absolute atomic E-state index is 12.1. The molecule has 3 fully saturated rings. The summed E-state index contributed by atoms with van der Waals surface area (Å²) in [6, 6.07) is 7.25. The molecule has 2 atom stereocenters. The first kappa shape index (κ1) is 19.6. The minimum atomic E-state index is 0.230. The van der Waals surface area contributed by atoms with E-state index < -0.39 is 0 Å². The number of fused-ring (bicyclic) bond motifs is 1. The molecule has 0 aromatic heterocycles. The number of rotatable bonds is 5. The van der Waals surface area contributed by atoms with Gasteiger partial charge in [-0.15, -0.1) is 0 Å². The first-order valence-electron chi connectivity index (χ1n) is 11.0. The van der Waals surface area contributed by atoms with Gasteiger partial charge < -0.3 is 14.4 Å². The van der Waals surface area contributed by atoms with E-state index in [-0.39, 0.29) is 5.91 Å². The largest absolute Gasteiger partial charge is 0.493 e. The Balaban J connectivity index is 1.45. The van der Waals surface area contributed by atoms with Gasteiger partial charge >= 0.3 is 0 Å². The fourth-order valence-electron chi connectivity index (χ4n) is 5.35. The van der Waals surface area contributed by atoms with Gasteiger partial charge in [0.25, 0.3) is 0 Å². The van der Waals surface area contributed by atoms with Crippen LogP contribution < -0.4 is 9.47 Å². The Morgan fingerprint density at radius 2 is 1.79 bits per heavy atom. The maximum atomic E-state index is 12.1. The molecule has 0 N–H and O–H groups in total. The number of hydrogen-bond acceptors (Lipinski definition) is 4. The molecular weight excluding hydrogens is 352 g/mol. The molecule has 0 radical (unpaired) electrons. The van der Waals surface area contributed by atoms with Crippen molar-refractivity contribution in [3.63, 3.8) is 0 Å². The van der Waals surface area contributed by atoms with Gasteiger partial charge in [-0.3, -0.25) is 9.69 Å². The summed E-state index contributed by atoms with van der Waals surface area (Å²) in [5.41, 5.74) is 1.26. The third-order valence-electron chi connectivity index (χ3n) is 6.79. The summed E-state index contributed by atoms with van der Waals surface area (Å²) in [5.74, 6) is 1.94. The molecule has 3 aliphatic rings. The Morgan fingerprint density at radius 1 is 1.00 bits per heavy atom. The highest BCUT2D eigenvalue weighted by Gasteiger charge is 2.39. The van der Waals surface area contributed by atoms with E-state index in [0.717, 1.165) is 56.8 Å². The van der Waals surface area contributed by atoms with Gasteiger partial charge in [-0.25, -0.2) is 0 Å². The van der Waals surface area contributed by atoms with Crippen molar-refractivity contribution in [2.75, 3.05) is 20.2 Å². The van der Waals surface area contributed by atoms with E-state index in [9.17, 15) is 4.79 Å². The second-order valence-corrected chi connectivity index (χ2v) is 8.61. The summed E-state index contributed by atoms with van der Waals surface area (Å²) in [5, 5.41) is 0. The number of carbonyl (C=O) groups is 1. The van der Waals surface area contributed by atoms with Crippen LogP contribution in [-0.4, -0.2) is 54.1 Å². The van der Waals surface area contributed by atoms with Gasteiger partial charge in [-0.05, 0) is 62.6 Å². The lowest BCUT2D eigenvalue weighted by atomic mass is 10.0. The molecule has 5 nitrogen and oxygen atoms in total. The van der Waals surface area contributed by atoms with Crippen molar-refractivity contribution in [1.82, 2.24) is 9.80 Å². The van der Waals surface area contributed by atoms with Gasteiger partial charge in [0.15, 0.2) is 11.5 Å². The lowest BCUT2D eigenvalue weighted by Gasteiger charge is -2.32. The summed E-state index contributed by atoms with van der Waals surface area (Å²) in [6.07, 6.45) is 9.77. The first-order valence-corrected chi connectivity index (χ1v) is 11.0. The van der Waals surface area contributed by atoms with Gasteiger partial charge in [-0.1, -0.05) is 12.5 Å². The van der Waals surface area contributed by atoms with Crippen LogP contribution in [0.25, 0.3) is 0 Å². The molecule has 2 saturated heterocycles. The van der Waals surface area contributed by atoms with Crippen LogP contribution in [0.4, 0.5) is 0 Å². The second-order valence-electron chi connectivity index (χ2n) is 8.61. The minimum Gasteiger partial charge on any atom is -0.493 e. The zero-order valence-corrected chi connectivity index (χ0v) is 17.4. The predicted molar refractivity (Wildman–Crippen MR) is 110 cm³/mol. The van der Waals surface area contributed by atoms with E-state index in [2.05, 4.69) is 28.0 Å². The molecule has 1 saturated carbocycles. The lowest BCUT2D eigenvalue weighted by molar-refractivity contribution is -0.131. The van der Waals surface area contributed by atoms with Crippen LogP contribution in [-0.2, 0) is 11.3 Å². The van der Waals surface area contributed by atoms with Crippen molar-refractivity contribution in [1.29, 1.82) is 0 Å². The minimum absolute atomic E-state index is 0.230. The van der Waals surface area contributed by atoms with E-state index >= 15 is 0 Å². The molecule has 1 aromatic rings. The zero-order valence-electron chi connectivity index (χ0n) is 17.4. The summed E-state index contributed by atoms with van der Waals surface area (Å²) in [4.78, 5) is 16.8. The molecule has 4 rings (SSSR count). The van der Waals surface area contributed by atoms with Crippen LogP contribution in [0, 0.1) is 0 Å². The third kappa shape index (κ3) is 4.14. The van der Waals surface area contributed by atoms with E-state index in [1.54, 1.807) is 14.0 Å². The highest BCUT2D eigenvalue weighted by molar-refractivity contribution is 5.73. The van der Waals surface area contributed by atoms with Gasteiger partial charge in [0.05, 0.1) is 13.2 Å². The smallest absolute Gasteiger partial charge is 0.219 e. The van der Waals surface area contributed by atoms with E-state index in [1.807, 2.05) is 0 Å². The summed E-state index contributed by atoms with van der Waals surface area (Å²) >= 11 is 0. The number of ether oxygens (including phenoxy) is 2. The molecule has 0 spiro atoms. The zero-order chi connectivity index (χ0) is 19.5. The molecule has 0 bridgehead atoms. The molecule has 2 aliphatic heterocycles. The van der Waals surface area contributed by atoms with E-state index in [0.29, 0.717) is 18.2 Å². The van der Waals surface area contributed by atoms with Gasteiger partial charge in [-0.2, -0.15) is 0 Å². The topological polar surface area (TPSA) is 42.0 Å². The van der Waals surface area contributed by atoms with Gasteiger partial charge in [0.2, 0.25) is 5.91 Å². The van der Waals surface area contributed by atoms with Crippen LogP contribution in [0.15, 0.2) is 18.2 Å². The molecule has 28 heavy (non-hydrogen) atoms. The molecule has 1 aromatic carbocycles. The van der Waals surface area contributed by atoms with Crippen molar-refractivity contribution in [2.24, 2.45) is 0 Å². The predicted octanol–water partition coefficient (Wildman–Crippen LogP) is 3.99. The normalized spacial score (nSPS) is 26.1. The Bertz CT molecular complexity index is 686. The monoisotopic (exact) mass is 386 g/mol. The van der Waals surface area contributed by atoms with Crippen LogP contribution in [0.1, 0.15) is 63.9 Å². The Morgan fingerprint density at radius 3 is 2.54 bits per heavy atom. The Labute approximate surface area is 169 Å². The van der Waals surface area contributed by atoms with Crippen molar-refractivity contribution >= 4 is 5.91 Å². The molecule has 2 heterocycles. The molecular formula is C23H34N2O3. The highest BCUT2D eigenvalue weighted by atomic mass is 16.5. The fourth-order valence-corrected chi connectivity index (χ4v) is 5.35. The first-order chi connectivity index (χ1) is 13.7. The number of methoxy groups -OCH3 is 1. The molecule has 1 aliphatic carbocycles. The van der Waals surface area contributed by atoms with Crippen molar-refractivity contribution in [3.05, 3.63) is 23.8 Å². The third-order valence-corrected chi connectivity index (χ3v) is 6.79. The average molecular weight is 387 g/mol. The van der Waals surface area contributed by atoms with Crippen LogP contribution >= 0.6 is 0 Å². The van der Waals surface area contributed by atoms with Crippen LogP contribution in [0.3, 0.4) is 0 Å². The lowest BCUT2D eigenvalue weighted by Crippen LogP contribution is -2.45. The fraction of sp³-hybridized carbons (Fsp3) is 0.696. The quantitative estimate of drug-likeness (QED) is 0.767. The standard InChI is InChI=1S/C23H34N2O3/c1-17(26)25-13-6-5-9-20-21(25)12-14-24(20)16-18-10-11-22(23(15-18)27-2)28-19-7-3-4-8-19/h10-11,15,19-21H,3-9,12-14,16H2,1-2H3/t20-,21-/m1/s1. The van der Waals surface area contributed by atoms with Gasteiger partial charge in [0, 0.05) is 38.6 Å². The number of benzene rings is 1. The summed E-state index contributed by atoms with van der Waals surface area (Å²) in [7, 11) is 1.72. The van der Waals surface area contributed by atoms with Crippen LogP contribution in [0.5, 0.6) is 11.5 Å². The number of likely N-dealkylation sites (tertiary alicyclic amines) is 2. The Kier molecular flexibility index (Phi) is 6.10. The Hall–Kier alpha value is -1.75. The van der Waals surface area contributed by atoms with E-state index in [4.69, 9.17) is 9.47 Å². The molecule has 5 heteroatoms. The van der Waals surface area contributed by atoms with E-state index in [1.165, 1.54) is 31.2 Å². The van der Waals surface area contributed by atoms with Crippen molar-refractivity contribution in [2.45, 2.75) is 83.0 Å². The summed E-state index contributed by atoms with van der Waals surface area (Å²) in [6.45, 7) is 4.61. The maximum Gasteiger partial charge on any atom is 0.219 e. The molecule has 154 valence electrons. The second kappa shape index (κ2) is 8.73. The number of carbonyl (C=O) groups excluding carboxylic acids is 1. The molecule has 0 unspecified atom stereocenters. The average Bonchev–Trinajstić information content (AvgIpc) is 3.28. The SMILES string of the molecule is COc1cc(CN2CC[C@@H]3[C@H]2CCCCN3C(C)=O)ccc1OC1CCCC1. The highest BCUT2D eigenvalue weighted by Crippen LogP contribution is 2.35. The number of amides is 1. The molecule has 1 amide bonds. The van der Waals surface area contributed by atoms with Crippen LogP contribution in [0.2, 0.25) is 0 Å².